The van der Waals surface area contributed by atoms with Crippen molar-refractivity contribution >= 4 is 35.5 Å². The second-order valence-corrected chi connectivity index (χ2v) is 8.80. The van der Waals surface area contributed by atoms with Crippen LogP contribution in [-0.4, -0.2) is 81.3 Å². The predicted octanol–water partition coefficient (Wildman–Crippen LogP) is -2.55. The van der Waals surface area contributed by atoms with Gasteiger partial charge in [0.2, 0.25) is 29.5 Å². The first-order valence-electron chi connectivity index (χ1n) is 11.6. The number of benzene rings is 1. The third kappa shape index (κ3) is 8.75. The van der Waals surface area contributed by atoms with Gasteiger partial charge >= 0.3 is 5.97 Å². The molecule has 14 heteroatoms. The van der Waals surface area contributed by atoms with Gasteiger partial charge in [-0.3, -0.25) is 24.0 Å². The molecule has 0 spiro atoms. The summed E-state index contributed by atoms with van der Waals surface area (Å²) in [5, 5.41) is 23.5. The summed E-state index contributed by atoms with van der Waals surface area (Å²) in [6, 6.07) is 1.09. The molecular weight excluding hydrogens is 488 g/mol. The number of carboxylic acids is 1. The van der Waals surface area contributed by atoms with Crippen molar-refractivity contribution in [1.82, 2.24) is 15.5 Å². The molecule has 14 nitrogen and oxygen atoms in total. The van der Waals surface area contributed by atoms with E-state index in [1.807, 2.05) is 0 Å². The van der Waals surface area contributed by atoms with Crippen molar-refractivity contribution in [3.8, 4) is 5.75 Å². The lowest BCUT2D eigenvalue weighted by Gasteiger charge is -2.29. The van der Waals surface area contributed by atoms with Crippen molar-refractivity contribution in [3.63, 3.8) is 0 Å². The van der Waals surface area contributed by atoms with Crippen LogP contribution in [0.4, 0.5) is 0 Å². The molecule has 10 N–H and O–H groups in total. The molecule has 5 amide bonds. The van der Waals surface area contributed by atoms with Crippen molar-refractivity contribution in [2.45, 2.75) is 62.7 Å². The van der Waals surface area contributed by atoms with Crippen LogP contribution >= 0.6 is 0 Å². The van der Waals surface area contributed by atoms with E-state index >= 15 is 0 Å². The van der Waals surface area contributed by atoms with Crippen molar-refractivity contribution in [2.75, 3.05) is 6.54 Å². The topological polar surface area (TPSA) is 248 Å². The van der Waals surface area contributed by atoms with Crippen molar-refractivity contribution < 1.29 is 39.0 Å². The number of nitrogens with one attached hydrogen (secondary N) is 2. The van der Waals surface area contributed by atoms with Gasteiger partial charge in [-0.1, -0.05) is 12.1 Å². The summed E-state index contributed by atoms with van der Waals surface area (Å²) in [5.74, 6) is -5.16. The van der Waals surface area contributed by atoms with E-state index in [9.17, 15) is 39.0 Å². The second kappa shape index (κ2) is 13.2. The Kier molecular flexibility index (Phi) is 10.4. The zero-order chi connectivity index (χ0) is 27.7. The van der Waals surface area contributed by atoms with Crippen LogP contribution in [0.5, 0.6) is 5.75 Å². The van der Waals surface area contributed by atoms with Crippen LogP contribution in [0.15, 0.2) is 24.3 Å². The number of carboxylic acid groups (broad SMARTS) is 1. The lowest BCUT2D eigenvalue weighted by Crippen LogP contribution is -2.57. The molecule has 1 aliphatic rings. The Labute approximate surface area is 212 Å². The third-order valence-electron chi connectivity index (χ3n) is 5.88. The van der Waals surface area contributed by atoms with Gasteiger partial charge in [0.15, 0.2) is 0 Å². The maximum atomic E-state index is 13.3. The number of carbonyl (C=O) groups excluding carboxylic acids is 5. The van der Waals surface area contributed by atoms with Gasteiger partial charge in [0, 0.05) is 13.0 Å². The van der Waals surface area contributed by atoms with E-state index in [1.54, 1.807) is 12.1 Å². The number of nitrogens with zero attached hydrogens (tertiary/aromatic N) is 1. The van der Waals surface area contributed by atoms with E-state index < -0.39 is 66.1 Å². The Balaban J connectivity index is 2.10. The Hall–Kier alpha value is -4.20. The highest BCUT2D eigenvalue weighted by molar-refractivity contribution is 5.96. The van der Waals surface area contributed by atoms with E-state index in [4.69, 9.17) is 17.2 Å². The summed E-state index contributed by atoms with van der Waals surface area (Å²) in [4.78, 5) is 74.0. The minimum atomic E-state index is -1.39. The largest absolute Gasteiger partial charge is 0.508 e. The molecule has 1 aliphatic heterocycles. The molecule has 1 aromatic carbocycles. The average molecular weight is 521 g/mol. The normalized spacial score (nSPS) is 17.3. The zero-order valence-electron chi connectivity index (χ0n) is 20.1. The predicted molar refractivity (Wildman–Crippen MR) is 128 cm³/mol. The van der Waals surface area contributed by atoms with Crippen molar-refractivity contribution in [2.24, 2.45) is 17.2 Å². The molecular formula is C23H32N6O8. The van der Waals surface area contributed by atoms with Crippen LogP contribution in [-0.2, 0) is 35.2 Å². The molecule has 4 atom stereocenters. The molecule has 0 aliphatic carbocycles. The summed E-state index contributed by atoms with van der Waals surface area (Å²) in [7, 11) is 0. The first-order valence-corrected chi connectivity index (χ1v) is 11.6. The van der Waals surface area contributed by atoms with Gasteiger partial charge in [0.1, 0.15) is 23.9 Å². The molecule has 1 aromatic rings. The maximum Gasteiger partial charge on any atom is 0.326 e. The maximum absolute atomic E-state index is 13.3. The van der Waals surface area contributed by atoms with Gasteiger partial charge in [-0.05, 0) is 43.4 Å². The number of phenols is 1. The van der Waals surface area contributed by atoms with Crippen LogP contribution in [0.2, 0.25) is 0 Å². The highest BCUT2D eigenvalue weighted by Gasteiger charge is 2.39. The fourth-order valence-corrected chi connectivity index (χ4v) is 3.97. The second-order valence-electron chi connectivity index (χ2n) is 8.80. The lowest BCUT2D eigenvalue weighted by molar-refractivity contribution is -0.145. The van der Waals surface area contributed by atoms with Crippen LogP contribution in [0, 0.1) is 0 Å². The average Bonchev–Trinajstić information content (AvgIpc) is 3.31. The number of aromatic hydroxyl groups is 1. The first-order chi connectivity index (χ1) is 17.4. The number of nitrogens with two attached hydrogens (primary N) is 3. The van der Waals surface area contributed by atoms with E-state index in [2.05, 4.69) is 10.6 Å². The summed E-state index contributed by atoms with van der Waals surface area (Å²) in [6.07, 6.45) is -0.312. The van der Waals surface area contributed by atoms with Crippen LogP contribution in [0.25, 0.3) is 0 Å². The van der Waals surface area contributed by atoms with Gasteiger partial charge in [-0.2, -0.15) is 0 Å². The van der Waals surface area contributed by atoms with Gasteiger partial charge < -0.3 is 42.9 Å². The van der Waals surface area contributed by atoms with Gasteiger partial charge in [0.25, 0.3) is 0 Å². The Morgan fingerprint density at radius 3 is 2.22 bits per heavy atom. The number of hydrogen-bond donors (Lipinski definition) is 7. The Bertz CT molecular complexity index is 1030. The SMILES string of the molecule is NC(=O)CC[C@H](NC(=O)[C@@H]1CCCN1C(=O)[C@H](CC(N)=O)NC(=O)[C@@H](N)Cc1ccc(O)cc1)C(=O)O. The summed E-state index contributed by atoms with van der Waals surface area (Å²) in [5.41, 5.74) is 16.9. The first kappa shape index (κ1) is 29.0. The summed E-state index contributed by atoms with van der Waals surface area (Å²) < 4.78 is 0. The number of phenolic OH excluding ortho intramolecular Hbond substituents is 1. The number of rotatable bonds is 13. The van der Waals surface area contributed by atoms with E-state index in [1.165, 1.54) is 12.1 Å². The fraction of sp³-hybridized carbons (Fsp3) is 0.478. The van der Waals surface area contributed by atoms with Gasteiger partial charge in [-0.25, -0.2) is 4.79 Å². The molecule has 0 bridgehead atoms. The fourth-order valence-electron chi connectivity index (χ4n) is 3.97. The molecule has 1 fully saturated rings. The zero-order valence-corrected chi connectivity index (χ0v) is 20.1. The highest BCUT2D eigenvalue weighted by Crippen LogP contribution is 2.20. The summed E-state index contributed by atoms with van der Waals surface area (Å²) in [6.45, 7) is 0.126. The van der Waals surface area contributed by atoms with E-state index in [0.29, 0.717) is 12.0 Å². The van der Waals surface area contributed by atoms with Crippen LogP contribution in [0.3, 0.4) is 0 Å². The number of primary amides is 2. The van der Waals surface area contributed by atoms with Crippen molar-refractivity contribution in [1.29, 1.82) is 0 Å². The van der Waals surface area contributed by atoms with Gasteiger partial charge in [0.05, 0.1) is 12.5 Å². The number of likely N-dealkylation sites (tertiary alicyclic amines) is 1. The highest BCUT2D eigenvalue weighted by atomic mass is 16.4. The minimum absolute atomic E-state index is 0.0423. The minimum Gasteiger partial charge on any atom is -0.508 e. The Morgan fingerprint density at radius 1 is 1.00 bits per heavy atom. The van der Waals surface area contributed by atoms with Crippen LogP contribution in [0.1, 0.15) is 37.7 Å². The molecule has 0 saturated carbocycles. The van der Waals surface area contributed by atoms with Gasteiger partial charge in [-0.15, -0.1) is 0 Å². The molecule has 0 aromatic heterocycles. The Morgan fingerprint density at radius 2 is 1.65 bits per heavy atom. The van der Waals surface area contributed by atoms with Crippen molar-refractivity contribution in [3.05, 3.63) is 29.8 Å². The standard InChI is InChI=1S/C23H32N6O8/c24-14(10-12-3-5-13(30)6-4-12)20(33)28-16(11-19(26)32)22(35)29-9-1-2-17(29)21(34)27-15(23(36)37)7-8-18(25)31/h3-6,14-17,30H,1-2,7-11,24H2,(H2,25,31)(H2,26,32)(H,27,34)(H,28,33)(H,36,37)/t14-,15-,16-,17-/m0/s1. The molecule has 2 rings (SSSR count). The molecule has 0 unspecified atom stereocenters. The third-order valence-corrected chi connectivity index (χ3v) is 5.88. The molecule has 202 valence electrons. The van der Waals surface area contributed by atoms with Crippen LogP contribution < -0.4 is 27.8 Å². The monoisotopic (exact) mass is 520 g/mol. The smallest absolute Gasteiger partial charge is 0.326 e. The molecule has 0 radical (unpaired) electrons. The number of hydrogen-bond acceptors (Lipinski definition) is 8. The van der Waals surface area contributed by atoms with E-state index in [0.717, 1.165) is 4.90 Å². The number of carbonyl (C=O) groups is 6. The number of amides is 5. The lowest BCUT2D eigenvalue weighted by atomic mass is 10.0. The summed E-state index contributed by atoms with van der Waals surface area (Å²) >= 11 is 0. The molecule has 37 heavy (non-hydrogen) atoms. The quantitative estimate of drug-likeness (QED) is 0.144. The number of aliphatic carboxylic acids is 1. The van der Waals surface area contributed by atoms with E-state index in [-0.39, 0.29) is 38.0 Å². The molecule has 1 heterocycles. The molecule has 1 saturated heterocycles.